The Balaban J connectivity index is 4.05. The van der Waals surface area contributed by atoms with E-state index in [1.165, 1.54) is 109 Å². The lowest BCUT2D eigenvalue weighted by atomic mass is 9.84. The maximum Gasteiger partial charge on any atom is 0.305 e. The second kappa shape index (κ2) is 37.2. The first kappa shape index (κ1) is 49.9. The van der Waals surface area contributed by atoms with Crippen molar-refractivity contribution >= 4 is 11.9 Å². The molecule has 304 valence electrons. The number of carbonyl (C=O) groups excluding carboxylic acids is 2. The molecule has 0 rings (SSSR count). The van der Waals surface area contributed by atoms with Gasteiger partial charge in [0.15, 0.2) is 0 Å². The van der Waals surface area contributed by atoms with Crippen LogP contribution in [0.25, 0.3) is 0 Å². The van der Waals surface area contributed by atoms with Crippen molar-refractivity contribution in [2.45, 2.75) is 227 Å². The number of unbranched alkanes of at least 4 members (excludes halogenated alkanes) is 18. The van der Waals surface area contributed by atoms with Crippen molar-refractivity contribution in [2.24, 2.45) is 11.3 Å². The third-order valence-corrected chi connectivity index (χ3v) is 10.8. The first-order valence-corrected chi connectivity index (χ1v) is 22.4. The highest BCUT2D eigenvalue weighted by atomic mass is 16.5. The molecule has 1 N–H and O–H groups in total. The van der Waals surface area contributed by atoms with Gasteiger partial charge in [0.05, 0.1) is 19.8 Å². The van der Waals surface area contributed by atoms with Gasteiger partial charge in [0.2, 0.25) is 0 Å². The first-order chi connectivity index (χ1) is 24.8. The van der Waals surface area contributed by atoms with Crippen LogP contribution in [-0.2, 0) is 19.1 Å². The van der Waals surface area contributed by atoms with Crippen molar-refractivity contribution in [3.8, 4) is 0 Å². The van der Waals surface area contributed by atoms with Gasteiger partial charge >= 0.3 is 11.9 Å². The van der Waals surface area contributed by atoms with Crippen LogP contribution in [0.5, 0.6) is 0 Å². The molecule has 6 heteroatoms. The number of hydrogen-bond donors (Lipinski definition) is 1. The van der Waals surface area contributed by atoms with Gasteiger partial charge in [-0.15, -0.1) is 0 Å². The highest BCUT2D eigenvalue weighted by Crippen LogP contribution is 2.28. The van der Waals surface area contributed by atoms with E-state index in [-0.39, 0.29) is 24.0 Å². The molecular formula is C45H89NO5. The molecule has 0 unspecified atom stereocenters. The number of rotatable bonds is 40. The van der Waals surface area contributed by atoms with Crippen LogP contribution >= 0.6 is 0 Å². The van der Waals surface area contributed by atoms with Gasteiger partial charge in [0.1, 0.15) is 0 Å². The van der Waals surface area contributed by atoms with Crippen LogP contribution < -0.4 is 0 Å². The van der Waals surface area contributed by atoms with Crippen molar-refractivity contribution in [3.05, 3.63) is 0 Å². The lowest BCUT2D eigenvalue weighted by Crippen LogP contribution is -2.29. The second-order valence-corrected chi connectivity index (χ2v) is 16.5. The third-order valence-electron chi connectivity index (χ3n) is 10.8. The van der Waals surface area contributed by atoms with Gasteiger partial charge in [-0.2, -0.15) is 0 Å². The van der Waals surface area contributed by atoms with Crippen molar-refractivity contribution in [1.29, 1.82) is 0 Å². The quantitative estimate of drug-likeness (QED) is 0.0501. The zero-order valence-electron chi connectivity index (χ0n) is 35.1. The standard InChI is InChI=1S/C45H89NO5/c1-6-9-12-15-16-19-24-32-44(49)51-41-35-45(4,5)34-26-28-37-46(38-39-47)36-27-21-20-25-31-43(48)50-40-33-42(29-22-17-13-10-7-2)30-23-18-14-11-8-3/h42,47H,6-41H2,1-5H3. The van der Waals surface area contributed by atoms with Gasteiger partial charge in [0, 0.05) is 19.4 Å². The molecule has 0 aliphatic rings. The highest BCUT2D eigenvalue weighted by molar-refractivity contribution is 5.69. The summed E-state index contributed by atoms with van der Waals surface area (Å²) in [6.07, 6.45) is 35.0. The average molecular weight is 724 g/mol. The summed E-state index contributed by atoms with van der Waals surface area (Å²) in [5.41, 5.74) is 0.159. The van der Waals surface area contributed by atoms with E-state index in [1.807, 2.05) is 0 Å². The monoisotopic (exact) mass is 724 g/mol. The molecule has 0 saturated carbocycles. The van der Waals surface area contributed by atoms with E-state index < -0.39 is 0 Å². The maximum atomic E-state index is 12.4. The Labute approximate surface area is 318 Å². The maximum absolute atomic E-state index is 12.4. The number of aliphatic hydroxyl groups excluding tert-OH is 1. The fourth-order valence-electron chi connectivity index (χ4n) is 7.16. The number of carbonyl (C=O) groups is 2. The van der Waals surface area contributed by atoms with E-state index in [0.717, 1.165) is 90.3 Å². The Kier molecular flexibility index (Phi) is 36.4. The molecule has 0 aliphatic heterocycles. The van der Waals surface area contributed by atoms with Gasteiger partial charge < -0.3 is 19.5 Å². The Morgan fingerprint density at radius 3 is 1.45 bits per heavy atom. The summed E-state index contributed by atoms with van der Waals surface area (Å²) in [6, 6.07) is 0. The van der Waals surface area contributed by atoms with E-state index in [2.05, 4.69) is 39.5 Å². The zero-order valence-corrected chi connectivity index (χ0v) is 35.1. The summed E-state index contributed by atoms with van der Waals surface area (Å²) in [6.45, 7) is 15.4. The van der Waals surface area contributed by atoms with Crippen molar-refractivity contribution in [3.63, 3.8) is 0 Å². The van der Waals surface area contributed by atoms with Gasteiger partial charge in [-0.1, -0.05) is 169 Å². The average Bonchev–Trinajstić information content (AvgIpc) is 3.10. The summed E-state index contributed by atoms with van der Waals surface area (Å²) in [7, 11) is 0. The lowest BCUT2D eigenvalue weighted by molar-refractivity contribution is -0.145. The second-order valence-electron chi connectivity index (χ2n) is 16.5. The lowest BCUT2D eigenvalue weighted by Gasteiger charge is -2.26. The van der Waals surface area contributed by atoms with Crippen LogP contribution in [0.4, 0.5) is 0 Å². The molecule has 0 aromatic rings. The van der Waals surface area contributed by atoms with Crippen LogP contribution in [-0.4, -0.2) is 61.4 Å². The molecule has 0 aromatic carbocycles. The minimum absolute atomic E-state index is 0.0221. The van der Waals surface area contributed by atoms with E-state index in [1.54, 1.807) is 0 Å². The summed E-state index contributed by atoms with van der Waals surface area (Å²) < 4.78 is 11.2. The molecule has 0 bridgehead atoms. The predicted octanol–water partition coefficient (Wildman–Crippen LogP) is 12.8. The van der Waals surface area contributed by atoms with Crippen molar-refractivity contribution < 1.29 is 24.2 Å². The molecule has 0 spiro atoms. The van der Waals surface area contributed by atoms with Crippen LogP contribution in [0.1, 0.15) is 227 Å². The van der Waals surface area contributed by atoms with Crippen LogP contribution in [0.15, 0.2) is 0 Å². The van der Waals surface area contributed by atoms with Gasteiger partial charge in [0.25, 0.3) is 0 Å². The fourth-order valence-corrected chi connectivity index (χ4v) is 7.16. The summed E-state index contributed by atoms with van der Waals surface area (Å²) >= 11 is 0. The van der Waals surface area contributed by atoms with Crippen LogP contribution in [0.2, 0.25) is 0 Å². The smallest absolute Gasteiger partial charge is 0.305 e. The van der Waals surface area contributed by atoms with E-state index >= 15 is 0 Å². The Morgan fingerprint density at radius 2 is 0.941 bits per heavy atom. The molecular weight excluding hydrogens is 634 g/mol. The van der Waals surface area contributed by atoms with Crippen LogP contribution in [0.3, 0.4) is 0 Å². The largest absolute Gasteiger partial charge is 0.466 e. The first-order valence-electron chi connectivity index (χ1n) is 22.4. The van der Waals surface area contributed by atoms with Crippen molar-refractivity contribution in [2.75, 3.05) is 39.5 Å². The Morgan fingerprint density at radius 1 is 0.510 bits per heavy atom. The molecule has 0 fully saturated rings. The molecule has 0 heterocycles. The summed E-state index contributed by atoms with van der Waals surface area (Å²) in [5, 5.41) is 9.60. The minimum atomic E-state index is -0.0372. The molecule has 0 aliphatic carbocycles. The fraction of sp³-hybridized carbons (Fsp3) is 0.956. The third kappa shape index (κ3) is 35.6. The van der Waals surface area contributed by atoms with Crippen LogP contribution in [0, 0.1) is 11.3 Å². The number of hydrogen-bond acceptors (Lipinski definition) is 6. The van der Waals surface area contributed by atoms with E-state index in [9.17, 15) is 14.7 Å². The molecule has 0 saturated heterocycles. The molecule has 0 atom stereocenters. The molecule has 0 radical (unpaired) electrons. The molecule has 6 nitrogen and oxygen atoms in total. The molecule has 51 heavy (non-hydrogen) atoms. The van der Waals surface area contributed by atoms with Crippen molar-refractivity contribution in [1.82, 2.24) is 4.90 Å². The highest BCUT2D eigenvalue weighted by Gasteiger charge is 2.18. The van der Waals surface area contributed by atoms with Gasteiger partial charge in [-0.3, -0.25) is 9.59 Å². The van der Waals surface area contributed by atoms with E-state index in [0.29, 0.717) is 32.0 Å². The Bertz CT molecular complexity index is 743. The number of ether oxygens (including phenoxy) is 2. The number of nitrogens with zero attached hydrogens (tertiary/aromatic N) is 1. The predicted molar refractivity (Wildman–Crippen MR) is 218 cm³/mol. The summed E-state index contributed by atoms with van der Waals surface area (Å²) in [4.78, 5) is 26.9. The number of esters is 2. The Hall–Kier alpha value is -1.14. The minimum Gasteiger partial charge on any atom is -0.466 e. The normalized spacial score (nSPS) is 11.9. The van der Waals surface area contributed by atoms with Gasteiger partial charge in [-0.25, -0.2) is 0 Å². The SMILES string of the molecule is CCCCCCCCCC(=O)OCCC(C)(C)CCCCN(CCO)CCCCCCC(=O)OCCC(CCCCCCC)CCCCCCC. The zero-order chi connectivity index (χ0) is 37.7. The molecule has 0 aromatic heterocycles. The molecule has 0 amide bonds. The summed E-state index contributed by atoms with van der Waals surface area (Å²) in [5.74, 6) is 0.645. The number of aliphatic hydroxyl groups is 1. The van der Waals surface area contributed by atoms with E-state index in [4.69, 9.17) is 9.47 Å². The topological polar surface area (TPSA) is 76.1 Å². The van der Waals surface area contributed by atoms with Gasteiger partial charge in [-0.05, 0) is 69.4 Å².